The van der Waals surface area contributed by atoms with Gasteiger partial charge in [-0.25, -0.2) is 0 Å². The van der Waals surface area contributed by atoms with Gasteiger partial charge in [0.25, 0.3) is 0 Å². The van der Waals surface area contributed by atoms with Crippen molar-refractivity contribution in [1.82, 2.24) is 0 Å². The van der Waals surface area contributed by atoms with Crippen molar-refractivity contribution in [2.24, 2.45) is 0 Å². The summed E-state index contributed by atoms with van der Waals surface area (Å²) in [6.45, 7) is 3.36. The minimum absolute atomic E-state index is 0.000157. The zero-order valence-corrected chi connectivity index (χ0v) is 14.5. The molecular formula is C19H22F2N2O2. The highest BCUT2D eigenvalue weighted by Crippen LogP contribution is 2.25. The number of halogens is 2. The van der Waals surface area contributed by atoms with E-state index < -0.39 is 6.61 Å². The predicted octanol–water partition coefficient (Wildman–Crippen LogP) is 4.64. The molecule has 0 atom stereocenters. The van der Waals surface area contributed by atoms with Gasteiger partial charge in [-0.1, -0.05) is 45.0 Å². The van der Waals surface area contributed by atoms with Crippen LogP contribution < -0.4 is 15.4 Å². The van der Waals surface area contributed by atoms with Crippen LogP contribution in [0.25, 0.3) is 0 Å². The van der Waals surface area contributed by atoms with Gasteiger partial charge in [0.1, 0.15) is 5.75 Å². The van der Waals surface area contributed by atoms with Gasteiger partial charge in [0.2, 0.25) is 5.91 Å². The van der Waals surface area contributed by atoms with Crippen LogP contribution in [0.4, 0.5) is 20.2 Å². The summed E-state index contributed by atoms with van der Waals surface area (Å²) in [5.74, 6) is -0.282. The lowest BCUT2D eigenvalue weighted by molar-refractivity contribution is -0.114. The van der Waals surface area contributed by atoms with E-state index in [1.807, 2.05) is 24.3 Å². The van der Waals surface area contributed by atoms with Crippen molar-refractivity contribution >= 4 is 17.3 Å². The smallest absolute Gasteiger partial charge is 0.387 e. The zero-order valence-electron chi connectivity index (χ0n) is 14.5. The summed E-state index contributed by atoms with van der Waals surface area (Å²) < 4.78 is 29.2. The molecule has 1 amide bonds. The normalized spacial score (nSPS) is 11.3. The largest absolute Gasteiger partial charge is 0.433 e. The molecule has 0 bridgehead atoms. The lowest BCUT2D eigenvalue weighted by Gasteiger charge is -2.19. The van der Waals surface area contributed by atoms with Gasteiger partial charge in [0.15, 0.2) is 0 Å². The molecule has 2 N–H and O–H groups in total. The molecule has 4 nitrogen and oxygen atoms in total. The minimum Gasteiger partial charge on any atom is -0.433 e. The molecule has 0 fully saturated rings. The molecule has 6 heteroatoms. The first-order valence-electron chi connectivity index (χ1n) is 7.94. The Hall–Kier alpha value is -2.63. The van der Waals surface area contributed by atoms with E-state index in [4.69, 9.17) is 0 Å². The van der Waals surface area contributed by atoms with Crippen molar-refractivity contribution in [1.29, 1.82) is 0 Å². The number of carbonyl (C=O) groups is 1. The van der Waals surface area contributed by atoms with Gasteiger partial charge >= 0.3 is 6.61 Å². The number of rotatable bonds is 6. The number of nitrogens with one attached hydrogen (secondary N) is 2. The molecular weight excluding hydrogens is 326 g/mol. The monoisotopic (exact) mass is 348 g/mol. The maximum absolute atomic E-state index is 12.4. The summed E-state index contributed by atoms with van der Waals surface area (Å²) >= 11 is 0. The maximum atomic E-state index is 12.4. The highest BCUT2D eigenvalue weighted by atomic mass is 19.3. The van der Waals surface area contributed by atoms with Gasteiger partial charge in [-0.05, 0) is 35.2 Å². The summed E-state index contributed by atoms with van der Waals surface area (Å²) in [4.78, 5) is 12.0. The summed E-state index contributed by atoms with van der Waals surface area (Å²) in [7, 11) is 0. The van der Waals surface area contributed by atoms with Gasteiger partial charge < -0.3 is 15.4 Å². The summed E-state index contributed by atoms with van der Waals surface area (Å²) in [6.07, 6.45) is 0. The lowest BCUT2D eigenvalue weighted by atomic mass is 9.87. The van der Waals surface area contributed by atoms with Crippen molar-refractivity contribution in [3.05, 3.63) is 54.1 Å². The Morgan fingerprint density at radius 3 is 2.32 bits per heavy atom. The number of ether oxygens (including phenoxy) is 1. The molecule has 0 aliphatic carbocycles. The van der Waals surface area contributed by atoms with E-state index in [9.17, 15) is 13.6 Å². The molecule has 134 valence electrons. The zero-order chi connectivity index (χ0) is 18.4. The molecule has 2 aromatic carbocycles. The van der Waals surface area contributed by atoms with Crippen LogP contribution in [0.2, 0.25) is 0 Å². The quantitative estimate of drug-likeness (QED) is 0.800. The summed E-state index contributed by atoms with van der Waals surface area (Å²) in [5.41, 5.74) is 2.22. The van der Waals surface area contributed by atoms with Crippen molar-refractivity contribution in [2.75, 3.05) is 17.2 Å². The Balaban J connectivity index is 1.93. The van der Waals surface area contributed by atoms with E-state index in [2.05, 4.69) is 36.1 Å². The van der Waals surface area contributed by atoms with Crippen LogP contribution in [0.3, 0.4) is 0 Å². The Kier molecular flexibility index (Phi) is 5.96. The van der Waals surface area contributed by atoms with Gasteiger partial charge in [0, 0.05) is 5.69 Å². The van der Waals surface area contributed by atoms with E-state index in [1.54, 1.807) is 18.2 Å². The van der Waals surface area contributed by atoms with Gasteiger partial charge in [-0.2, -0.15) is 8.78 Å². The second kappa shape index (κ2) is 7.96. The molecule has 0 spiro atoms. The Labute approximate surface area is 146 Å². The van der Waals surface area contributed by atoms with Crippen LogP contribution >= 0.6 is 0 Å². The standard InChI is InChI=1S/C19H22F2N2O2/c1-19(2,3)13-8-10-14(11-9-13)23-17(24)12-22-15-6-4-5-7-16(15)25-18(20)21/h4-11,18,22H,12H2,1-3H3,(H,23,24). The maximum Gasteiger partial charge on any atom is 0.387 e. The first-order chi connectivity index (χ1) is 11.8. The van der Waals surface area contributed by atoms with E-state index >= 15 is 0 Å². The van der Waals surface area contributed by atoms with E-state index in [1.165, 1.54) is 11.6 Å². The fraction of sp³-hybridized carbons (Fsp3) is 0.316. The predicted molar refractivity (Wildman–Crippen MR) is 95.3 cm³/mol. The first-order valence-corrected chi connectivity index (χ1v) is 7.94. The van der Waals surface area contributed by atoms with Crippen molar-refractivity contribution in [3.8, 4) is 5.75 Å². The van der Waals surface area contributed by atoms with E-state index in [-0.39, 0.29) is 23.6 Å². The van der Waals surface area contributed by atoms with E-state index in [0.717, 1.165) is 0 Å². The van der Waals surface area contributed by atoms with Gasteiger partial charge in [0.05, 0.1) is 12.2 Å². The Morgan fingerprint density at radius 1 is 1.08 bits per heavy atom. The number of carbonyl (C=O) groups excluding carboxylic acids is 1. The molecule has 0 saturated heterocycles. The third-order valence-electron chi connectivity index (χ3n) is 3.58. The number of alkyl halides is 2. The number of hydrogen-bond donors (Lipinski definition) is 2. The van der Waals surface area contributed by atoms with Gasteiger partial charge in [-0.15, -0.1) is 0 Å². The molecule has 2 rings (SSSR count). The number of hydrogen-bond acceptors (Lipinski definition) is 3. The number of benzene rings is 2. The number of anilines is 2. The van der Waals surface area contributed by atoms with E-state index in [0.29, 0.717) is 11.4 Å². The molecule has 0 saturated carbocycles. The number of para-hydroxylation sites is 2. The minimum atomic E-state index is -2.92. The van der Waals surface area contributed by atoms with Crippen LogP contribution in [0, 0.1) is 0 Å². The SMILES string of the molecule is CC(C)(C)c1ccc(NC(=O)CNc2ccccc2OC(F)F)cc1. The third kappa shape index (κ3) is 5.74. The average molecular weight is 348 g/mol. The van der Waals surface area contributed by atoms with Crippen molar-refractivity contribution in [3.63, 3.8) is 0 Å². The van der Waals surface area contributed by atoms with Crippen LogP contribution in [0.1, 0.15) is 26.3 Å². The molecule has 25 heavy (non-hydrogen) atoms. The molecule has 0 aromatic heterocycles. The second-order valence-electron chi connectivity index (χ2n) is 6.60. The van der Waals surface area contributed by atoms with Crippen LogP contribution in [0.15, 0.2) is 48.5 Å². The van der Waals surface area contributed by atoms with Crippen LogP contribution in [-0.2, 0) is 10.2 Å². The first kappa shape index (κ1) is 18.7. The molecule has 0 unspecified atom stereocenters. The number of amides is 1. The van der Waals surface area contributed by atoms with Crippen LogP contribution in [0.5, 0.6) is 5.75 Å². The topological polar surface area (TPSA) is 50.4 Å². The fourth-order valence-corrected chi connectivity index (χ4v) is 2.25. The average Bonchev–Trinajstić information content (AvgIpc) is 2.53. The molecule has 0 radical (unpaired) electrons. The molecule has 0 aliphatic rings. The highest BCUT2D eigenvalue weighted by Gasteiger charge is 2.13. The second-order valence-corrected chi connectivity index (χ2v) is 6.60. The van der Waals surface area contributed by atoms with Crippen molar-refractivity contribution in [2.45, 2.75) is 32.8 Å². The Bertz CT molecular complexity index is 710. The molecule has 0 heterocycles. The highest BCUT2D eigenvalue weighted by molar-refractivity contribution is 5.93. The summed E-state index contributed by atoms with van der Waals surface area (Å²) in [6, 6.07) is 13.9. The lowest BCUT2D eigenvalue weighted by Crippen LogP contribution is -2.22. The molecule has 2 aromatic rings. The van der Waals surface area contributed by atoms with Crippen molar-refractivity contribution < 1.29 is 18.3 Å². The molecule has 0 aliphatic heterocycles. The third-order valence-corrected chi connectivity index (χ3v) is 3.58. The Morgan fingerprint density at radius 2 is 1.72 bits per heavy atom. The fourth-order valence-electron chi connectivity index (χ4n) is 2.25. The van der Waals surface area contributed by atoms with Gasteiger partial charge in [-0.3, -0.25) is 4.79 Å². The summed E-state index contributed by atoms with van der Waals surface area (Å²) in [5, 5.41) is 5.56. The van der Waals surface area contributed by atoms with Crippen LogP contribution in [-0.4, -0.2) is 19.1 Å².